The fourth-order valence-electron chi connectivity index (χ4n) is 1.39. The van der Waals surface area contributed by atoms with Gasteiger partial charge in [-0.15, -0.1) is 0 Å². The summed E-state index contributed by atoms with van der Waals surface area (Å²) < 4.78 is 16.1. The minimum Gasteiger partial charge on any atom is -0.377 e. The van der Waals surface area contributed by atoms with Gasteiger partial charge in [0.05, 0.1) is 0 Å². The van der Waals surface area contributed by atoms with Gasteiger partial charge < -0.3 is 18.6 Å². The van der Waals surface area contributed by atoms with E-state index in [2.05, 4.69) is 19.2 Å². The fourth-order valence-corrected chi connectivity index (χ4v) is 3.39. The lowest BCUT2D eigenvalue weighted by atomic mass is 10.2. The molecule has 0 aliphatic heterocycles. The van der Waals surface area contributed by atoms with Crippen molar-refractivity contribution in [3.63, 3.8) is 0 Å². The lowest BCUT2D eigenvalue weighted by Crippen LogP contribution is -2.45. The third kappa shape index (κ3) is 4.52. The zero-order chi connectivity index (χ0) is 11.0. The normalized spacial score (nSPS) is 14.4. The van der Waals surface area contributed by atoms with E-state index < -0.39 is 8.80 Å². The van der Waals surface area contributed by atoms with Crippen molar-refractivity contribution in [3.8, 4) is 0 Å². The predicted octanol–water partition coefficient (Wildman–Crippen LogP) is 1.11. The Labute approximate surface area is 88.3 Å². The molecule has 0 saturated carbocycles. The zero-order valence-corrected chi connectivity index (χ0v) is 10.9. The minimum absolute atomic E-state index is 0.501. The second-order valence-corrected chi connectivity index (χ2v) is 6.41. The van der Waals surface area contributed by atoms with E-state index >= 15 is 0 Å². The minimum atomic E-state index is -2.37. The number of hydrogen-bond donors (Lipinski definition) is 1. The fraction of sp³-hybridized carbons (Fsp3) is 1.00. The van der Waals surface area contributed by atoms with Gasteiger partial charge in [0.15, 0.2) is 0 Å². The van der Waals surface area contributed by atoms with Crippen molar-refractivity contribution in [3.05, 3.63) is 0 Å². The maximum Gasteiger partial charge on any atom is 0.500 e. The Balaban J connectivity index is 4.01. The van der Waals surface area contributed by atoms with Crippen molar-refractivity contribution in [2.45, 2.75) is 19.9 Å². The molecule has 0 fully saturated rings. The van der Waals surface area contributed by atoms with Gasteiger partial charge in [0.1, 0.15) is 0 Å². The van der Waals surface area contributed by atoms with E-state index in [1.165, 1.54) is 0 Å². The Morgan fingerprint density at radius 3 is 2.00 bits per heavy atom. The first-order valence-electron chi connectivity index (χ1n) is 5.00. The largest absolute Gasteiger partial charge is 0.500 e. The molecular formula is C9H23NO3Si. The third-order valence-electron chi connectivity index (χ3n) is 2.27. The summed E-state index contributed by atoms with van der Waals surface area (Å²) >= 11 is 0. The first-order valence-corrected chi connectivity index (χ1v) is 6.93. The maximum absolute atomic E-state index is 5.35. The number of rotatable bonds is 8. The van der Waals surface area contributed by atoms with Crippen LogP contribution < -0.4 is 5.32 Å². The van der Waals surface area contributed by atoms with Crippen LogP contribution in [0.25, 0.3) is 0 Å². The molecule has 4 nitrogen and oxygen atoms in total. The van der Waals surface area contributed by atoms with Crippen molar-refractivity contribution in [1.82, 2.24) is 5.32 Å². The summed E-state index contributed by atoms with van der Waals surface area (Å²) in [6, 6.07) is 0.851. The average molecular weight is 221 g/mol. The van der Waals surface area contributed by atoms with Crippen LogP contribution in [-0.4, -0.2) is 43.2 Å². The van der Waals surface area contributed by atoms with Gasteiger partial charge in [-0.2, -0.15) is 0 Å². The summed E-state index contributed by atoms with van der Waals surface area (Å²) in [6.07, 6.45) is 0. The molecule has 0 amide bonds. The molecule has 0 radical (unpaired) electrons. The van der Waals surface area contributed by atoms with E-state index in [1.807, 2.05) is 0 Å². The molecule has 0 saturated heterocycles. The highest BCUT2D eigenvalue weighted by Gasteiger charge is 2.39. The van der Waals surface area contributed by atoms with Crippen molar-refractivity contribution in [2.24, 2.45) is 5.92 Å². The van der Waals surface area contributed by atoms with E-state index in [0.29, 0.717) is 5.92 Å². The van der Waals surface area contributed by atoms with Gasteiger partial charge in [0.25, 0.3) is 0 Å². The van der Waals surface area contributed by atoms with Crippen LogP contribution in [0.1, 0.15) is 13.8 Å². The van der Waals surface area contributed by atoms with Gasteiger partial charge in [-0.3, -0.25) is 0 Å². The van der Waals surface area contributed by atoms with Crippen LogP contribution in [0.2, 0.25) is 6.04 Å². The molecule has 0 aromatic carbocycles. The number of hydrogen-bond acceptors (Lipinski definition) is 4. The third-order valence-corrected chi connectivity index (χ3v) is 5.34. The van der Waals surface area contributed by atoms with Crippen molar-refractivity contribution < 1.29 is 13.3 Å². The Bertz CT molecular complexity index is 134. The molecule has 1 atom stereocenters. The summed E-state index contributed by atoms with van der Waals surface area (Å²) in [4.78, 5) is 0. The van der Waals surface area contributed by atoms with Crippen molar-refractivity contribution in [2.75, 3.05) is 34.4 Å². The lowest BCUT2D eigenvalue weighted by Gasteiger charge is -2.27. The molecule has 0 aromatic rings. The van der Waals surface area contributed by atoms with Crippen molar-refractivity contribution in [1.29, 1.82) is 0 Å². The molecule has 14 heavy (non-hydrogen) atoms. The monoisotopic (exact) mass is 221 g/mol. The van der Waals surface area contributed by atoms with E-state index in [1.54, 1.807) is 21.3 Å². The highest BCUT2D eigenvalue weighted by atomic mass is 28.4. The smallest absolute Gasteiger partial charge is 0.377 e. The topological polar surface area (TPSA) is 39.7 Å². The quantitative estimate of drug-likeness (QED) is 0.623. The van der Waals surface area contributed by atoms with Gasteiger partial charge in [0.2, 0.25) is 0 Å². The lowest BCUT2D eigenvalue weighted by molar-refractivity contribution is 0.119. The van der Waals surface area contributed by atoms with E-state index in [9.17, 15) is 0 Å². The van der Waals surface area contributed by atoms with Crippen LogP contribution in [0, 0.1) is 5.92 Å². The van der Waals surface area contributed by atoms with E-state index in [-0.39, 0.29) is 0 Å². The molecule has 86 valence electrons. The highest BCUT2D eigenvalue weighted by Crippen LogP contribution is 2.18. The molecule has 0 aromatic heterocycles. The Hall–Kier alpha value is 0.0569. The number of nitrogens with one attached hydrogen (secondary N) is 1. The van der Waals surface area contributed by atoms with Gasteiger partial charge in [-0.1, -0.05) is 13.8 Å². The average Bonchev–Trinajstić information content (AvgIpc) is 2.23. The van der Waals surface area contributed by atoms with Gasteiger partial charge in [0, 0.05) is 27.4 Å². The maximum atomic E-state index is 5.35. The van der Waals surface area contributed by atoms with Crippen LogP contribution >= 0.6 is 0 Å². The summed E-state index contributed by atoms with van der Waals surface area (Å²) in [6.45, 7) is 6.23. The predicted molar refractivity (Wildman–Crippen MR) is 59.3 cm³/mol. The molecule has 1 N–H and O–H groups in total. The SMILES string of the molecule is CCNC[C@@H](C)C[Si](OC)(OC)OC. The second-order valence-electron chi connectivity index (χ2n) is 3.41. The molecule has 0 spiro atoms. The molecule has 0 heterocycles. The van der Waals surface area contributed by atoms with Crippen LogP contribution in [0.4, 0.5) is 0 Å². The zero-order valence-electron chi connectivity index (χ0n) is 9.92. The molecule has 0 bridgehead atoms. The van der Waals surface area contributed by atoms with Crippen LogP contribution in [0.5, 0.6) is 0 Å². The molecule has 5 heteroatoms. The van der Waals surface area contributed by atoms with Crippen LogP contribution in [0.3, 0.4) is 0 Å². The van der Waals surface area contributed by atoms with Gasteiger partial charge in [-0.05, 0) is 19.0 Å². The van der Waals surface area contributed by atoms with Crippen LogP contribution in [-0.2, 0) is 13.3 Å². The molecule has 0 aliphatic carbocycles. The Kier molecular flexibility index (Phi) is 7.39. The van der Waals surface area contributed by atoms with Crippen LogP contribution in [0.15, 0.2) is 0 Å². The standard InChI is InChI=1S/C9H23NO3Si/c1-6-10-7-9(2)8-14(11-3,12-4)13-5/h9-10H,6-8H2,1-5H3/t9-/m1/s1. The Morgan fingerprint density at radius 1 is 1.14 bits per heavy atom. The summed E-state index contributed by atoms with van der Waals surface area (Å²) in [5.41, 5.74) is 0. The summed E-state index contributed by atoms with van der Waals surface area (Å²) in [5, 5.41) is 3.30. The van der Waals surface area contributed by atoms with E-state index in [0.717, 1.165) is 19.1 Å². The molecule has 0 unspecified atom stereocenters. The van der Waals surface area contributed by atoms with Gasteiger partial charge in [-0.25, -0.2) is 0 Å². The highest BCUT2D eigenvalue weighted by molar-refractivity contribution is 6.60. The second kappa shape index (κ2) is 7.36. The van der Waals surface area contributed by atoms with Gasteiger partial charge >= 0.3 is 8.80 Å². The van der Waals surface area contributed by atoms with E-state index in [4.69, 9.17) is 13.3 Å². The first-order chi connectivity index (χ1) is 6.64. The van der Waals surface area contributed by atoms with Crippen molar-refractivity contribution >= 4 is 8.80 Å². The molecule has 0 aliphatic rings. The molecule has 0 rings (SSSR count). The Morgan fingerprint density at radius 2 is 1.64 bits per heavy atom. The molecular weight excluding hydrogens is 198 g/mol. The summed E-state index contributed by atoms with van der Waals surface area (Å²) in [5.74, 6) is 0.501. The first kappa shape index (κ1) is 14.1. The summed E-state index contributed by atoms with van der Waals surface area (Å²) in [7, 11) is 2.59.